The van der Waals surface area contributed by atoms with E-state index in [1.807, 2.05) is 19.2 Å². The number of aryl methyl sites for hydroxylation is 1. The van der Waals surface area contributed by atoms with Gasteiger partial charge in [0, 0.05) is 29.3 Å². The number of aromatic nitrogens is 2. The first-order valence-electron chi connectivity index (χ1n) is 8.34. The molecule has 1 unspecified atom stereocenters. The van der Waals surface area contributed by atoms with Gasteiger partial charge in [0.2, 0.25) is 6.23 Å². The Bertz CT molecular complexity index is 1070. The van der Waals surface area contributed by atoms with Gasteiger partial charge < -0.3 is 10.2 Å². The van der Waals surface area contributed by atoms with E-state index in [1.165, 1.54) is 6.07 Å². The van der Waals surface area contributed by atoms with Crippen molar-refractivity contribution in [2.24, 2.45) is 4.99 Å². The van der Waals surface area contributed by atoms with Crippen LogP contribution in [-0.4, -0.2) is 31.4 Å². The van der Waals surface area contributed by atoms with Gasteiger partial charge in [-0.15, -0.1) is 0 Å². The van der Waals surface area contributed by atoms with Crippen LogP contribution >= 0.6 is 11.6 Å². The lowest BCUT2D eigenvalue weighted by Crippen LogP contribution is -2.09. The number of carboxylic acid groups (broad SMARTS) is 1. The zero-order chi connectivity index (χ0) is 20.4. The Kier molecular flexibility index (Phi) is 5.58. The van der Waals surface area contributed by atoms with Gasteiger partial charge in [0.25, 0.3) is 5.97 Å². The predicted molar refractivity (Wildman–Crippen MR) is 104 cm³/mol. The van der Waals surface area contributed by atoms with Crippen molar-refractivity contribution in [1.82, 2.24) is 9.55 Å². The minimum absolute atomic E-state index is 0.308. The molecule has 1 aromatic heterocycles. The summed E-state index contributed by atoms with van der Waals surface area (Å²) >= 11 is 6.16. The first kappa shape index (κ1) is 19.7. The Morgan fingerprint density at radius 2 is 1.89 bits per heavy atom. The van der Waals surface area contributed by atoms with Gasteiger partial charge in [0.05, 0.1) is 17.1 Å². The van der Waals surface area contributed by atoms with Crippen molar-refractivity contribution in [3.05, 3.63) is 82.1 Å². The summed E-state index contributed by atoms with van der Waals surface area (Å²) in [6.45, 7) is 2.92. The number of hydrogen-bond acceptors (Lipinski definition) is 4. The minimum atomic E-state index is -1.19. The molecule has 0 amide bonds. The van der Waals surface area contributed by atoms with Gasteiger partial charge in [-0.2, -0.15) is 0 Å². The molecule has 6 nitrogen and oxygen atoms in total. The molecule has 0 aliphatic carbocycles. The standard InChI is InChI=1S/C18H13ClFN3O.C2H4O2/c1-10-9-23-15-7-6-11(19)8-13(15)16(22-18(24)17(23)21-10)12-4-2-3-5-14(12)20;1-2(3)4/h2-9,18,24H,1H3;1H3,(H,3,4). The highest BCUT2D eigenvalue weighted by Crippen LogP contribution is 2.31. The molecular formula is C20H17ClFN3O3. The molecule has 2 N–H and O–H groups in total. The van der Waals surface area contributed by atoms with Gasteiger partial charge in [0.1, 0.15) is 5.82 Å². The normalized spacial score (nSPS) is 14.8. The van der Waals surface area contributed by atoms with Crippen LogP contribution in [-0.2, 0) is 4.79 Å². The molecular weight excluding hydrogens is 385 g/mol. The molecule has 144 valence electrons. The largest absolute Gasteiger partial charge is 0.481 e. The molecule has 0 bridgehead atoms. The summed E-state index contributed by atoms with van der Waals surface area (Å²) in [5.74, 6) is -0.854. The topological polar surface area (TPSA) is 87.7 Å². The van der Waals surface area contributed by atoms with E-state index < -0.39 is 18.0 Å². The van der Waals surface area contributed by atoms with E-state index in [-0.39, 0.29) is 0 Å². The lowest BCUT2D eigenvalue weighted by atomic mass is 10.00. The molecule has 28 heavy (non-hydrogen) atoms. The molecule has 8 heteroatoms. The third-order valence-corrected chi connectivity index (χ3v) is 4.17. The van der Waals surface area contributed by atoms with Crippen molar-refractivity contribution in [2.75, 3.05) is 0 Å². The van der Waals surface area contributed by atoms with Crippen molar-refractivity contribution in [3.8, 4) is 5.69 Å². The van der Waals surface area contributed by atoms with Crippen LogP contribution < -0.4 is 0 Å². The molecule has 1 atom stereocenters. The van der Waals surface area contributed by atoms with E-state index in [9.17, 15) is 9.50 Å². The zero-order valence-corrected chi connectivity index (χ0v) is 15.9. The summed E-state index contributed by atoms with van der Waals surface area (Å²) < 4.78 is 16.1. The third kappa shape index (κ3) is 3.95. The van der Waals surface area contributed by atoms with Crippen LogP contribution in [0, 0.1) is 12.7 Å². The summed E-state index contributed by atoms with van der Waals surface area (Å²) in [4.78, 5) is 17.7. The maximum atomic E-state index is 14.3. The number of carboxylic acids is 1. The summed E-state index contributed by atoms with van der Waals surface area (Å²) in [7, 11) is 0. The minimum Gasteiger partial charge on any atom is -0.481 e. The Morgan fingerprint density at radius 3 is 2.57 bits per heavy atom. The first-order chi connectivity index (χ1) is 13.3. The number of imidazole rings is 1. The van der Waals surface area contributed by atoms with E-state index in [2.05, 4.69) is 9.98 Å². The quantitative estimate of drug-likeness (QED) is 0.647. The molecule has 0 saturated heterocycles. The van der Waals surface area contributed by atoms with E-state index >= 15 is 0 Å². The molecule has 0 radical (unpaired) electrons. The van der Waals surface area contributed by atoms with Gasteiger partial charge in [-0.1, -0.05) is 23.7 Å². The van der Waals surface area contributed by atoms with Crippen molar-refractivity contribution >= 4 is 23.3 Å². The fourth-order valence-electron chi connectivity index (χ4n) is 2.92. The number of benzene rings is 2. The van der Waals surface area contributed by atoms with Crippen LogP contribution in [0.1, 0.15) is 35.8 Å². The first-order valence-corrected chi connectivity index (χ1v) is 8.72. The number of carbonyl (C=O) groups is 1. The molecule has 3 aromatic rings. The fraction of sp³-hybridized carbons (Fsp3) is 0.150. The van der Waals surface area contributed by atoms with Crippen molar-refractivity contribution < 1.29 is 19.4 Å². The van der Waals surface area contributed by atoms with Crippen LogP contribution in [0.25, 0.3) is 5.69 Å². The average molecular weight is 402 g/mol. The van der Waals surface area contributed by atoms with Crippen molar-refractivity contribution in [2.45, 2.75) is 20.1 Å². The Hall–Kier alpha value is -3.03. The molecule has 0 fully saturated rings. The second-order valence-corrected chi connectivity index (χ2v) is 6.56. The lowest BCUT2D eigenvalue weighted by Gasteiger charge is -2.12. The smallest absolute Gasteiger partial charge is 0.300 e. The second-order valence-electron chi connectivity index (χ2n) is 6.12. The number of aliphatic carboxylic acids is 1. The van der Waals surface area contributed by atoms with Gasteiger partial charge in [-0.05, 0) is 37.3 Å². The van der Waals surface area contributed by atoms with Crippen LogP contribution in [0.2, 0.25) is 5.02 Å². The number of halogens is 2. The number of fused-ring (bicyclic) bond motifs is 3. The molecule has 0 saturated carbocycles. The number of hydrogen-bond donors (Lipinski definition) is 2. The van der Waals surface area contributed by atoms with Crippen LogP contribution in [0.5, 0.6) is 0 Å². The van der Waals surface area contributed by atoms with E-state index in [0.29, 0.717) is 27.7 Å². The number of aliphatic hydroxyl groups excluding tert-OH is 1. The van der Waals surface area contributed by atoms with Crippen molar-refractivity contribution in [3.63, 3.8) is 0 Å². The molecule has 0 spiro atoms. The van der Waals surface area contributed by atoms with Gasteiger partial charge in [-0.3, -0.25) is 9.36 Å². The summed E-state index contributed by atoms with van der Waals surface area (Å²) in [6, 6.07) is 11.6. The maximum absolute atomic E-state index is 14.3. The lowest BCUT2D eigenvalue weighted by molar-refractivity contribution is -0.134. The monoisotopic (exact) mass is 401 g/mol. The van der Waals surface area contributed by atoms with Gasteiger partial charge >= 0.3 is 0 Å². The molecule has 4 rings (SSSR count). The van der Waals surface area contributed by atoms with Crippen LogP contribution in [0.4, 0.5) is 4.39 Å². The highest BCUT2D eigenvalue weighted by Gasteiger charge is 2.26. The maximum Gasteiger partial charge on any atom is 0.300 e. The van der Waals surface area contributed by atoms with Crippen molar-refractivity contribution in [1.29, 1.82) is 0 Å². The van der Waals surface area contributed by atoms with Crippen LogP contribution in [0.3, 0.4) is 0 Å². The Morgan fingerprint density at radius 1 is 1.21 bits per heavy atom. The molecule has 1 aliphatic rings. The highest BCUT2D eigenvalue weighted by molar-refractivity contribution is 6.31. The van der Waals surface area contributed by atoms with Gasteiger partial charge in [-0.25, -0.2) is 14.4 Å². The SMILES string of the molecule is CC(=O)O.Cc1cn2c(n1)C(O)N=C(c1ccccc1F)c1cc(Cl)ccc1-2. The molecule has 2 heterocycles. The second kappa shape index (κ2) is 7.92. The van der Waals surface area contributed by atoms with E-state index in [0.717, 1.165) is 18.3 Å². The van der Waals surface area contributed by atoms with E-state index in [1.54, 1.807) is 34.9 Å². The van der Waals surface area contributed by atoms with Crippen LogP contribution in [0.15, 0.2) is 53.7 Å². The summed E-state index contributed by atoms with van der Waals surface area (Å²) in [5.41, 5.74) is 2.80. The summed E-state index contributed by atoms with van der Waals surface area (Å²) in [5, 5.41) is 18.4. The average Bonchev–Trinajstić information content (AvgIpc) is 2.97. The number of aliphatic hydroxyl groups is 1. The molecule has 2 aromatic carbocycles. The Labute approximate surface area is 165 Å². The number of nitrogens with zero attached hydrogens (tertiary/aromatic N) is 3. The summed E-state index contributed by atoms with van der Waals surface area (Å²) in [6.07, 6.45) is 0.616. The number of aliphatic imine (C=N–C) groups is 1. The highest BCUT2D eigenvalue weighted by atomic mass is 35.5. The number of rotatable bonds is 1. The zero-order valence-electron chi connectivity index (χ0n) is 15.1. The molecule has 1 aliphatic heterocycles. The van der Waals surface area contributed by atoms with E-state index in [4.69, 9.17) is 21.5 Å². The van der Waals surface area contributed by atoms with Gasteiger partial charge in [0.15, 0.2) is 5.82 Å². The Balaban J connectivity index is 0.000000516. The fourth-order valence-corrected chi connectivity index (χ4v) is 3.09. The predicted octanol–water partition coefficient (Wildman–Crippen LogP) is 3.91. The third-order valence-electron chi connectivity index (χ3n) is 3.94.